The van der Waals surface area contributed by atoms with Gasteiger partial charge < -0.3 is 4.74 Å². The minimum atomic E-state index is -0.334. The van der Waals surface area contributed by atoms with Crippen LogP contribution in [0.4, 0.5) is 5.69 Å². The monoisotopic (exact) mass is 315 g/mol. The third kappa shape index (κ3) is 2.25. The lowest BCUT2D eigenvalue weighted by Gasteiger charge is -2.18. The molecule has 3 aromatic rings. The molecule has 4 rings (SSSR count). The summed E-state index contributed by atoms with van der Waals surface area (Å²) in [6, 6.07) is 23.1. The highest BCUT2D eigenvalue weighted by atomic mass is 16.5. The summed E-state index contributed by atoms with van der Waals surface area (Å²) in [6.07, 6.45) is 0. The minimum Gasteiger partial charge on any atom is -0.455 e. The summed E-state index contributed by atoms with van der Waals surface area (Å²) >= 11 is 0. The van der Waals surface area contributed by atoms with Gasteiger partial charge >= 0.3 is 0 Å². The number of rotatable bonds is 3. The van der Waals surface area contributed by atoms with Gasteiger partial charge in [0, 0.05) is 0 Å². The molecule has 0 fully saturated rings. The van der Waals surface area contributed by atoms with Crippen LogP contribution in [-0.4, -0.2) is 11.8 Å². The first-order valence-corrected chi connectivity index (χ1v) is 7.55. The van der Waals surface area contributed by atoms with Crippen LogP contribution in [0.2, 0.25) is 0 Å². The van der Waals surface area contributed by atoms with Gasteiger partial charge in [0.25, 0.3) is 11.8 Å². The molecule has 0 atom stereocenters. The van der Waals surface area contributed by atoms with Crippen molar-refractivity contribution in [1.29, 1.82) is 0 Å². The Kier molecular flexibility index (Phi) is 3.35. The third-order valence-corrected chi connectivity index (χ3v) is 3.87. The Morgan fingerprint density at radius 3 is 1.83 bits per heavy atom. The fraction of sp³-hybridized carbons (Fsp3) is 0. The van der Waals surface area contributed by atoms with Gasteiger partial charge in [0.15, 0.2) is 5.75 Å². The quantitative estimate of drug-likeness (QED) is 0.678. The van der Waals surface area contributed by atoms with Gasteiger partial charge in [-0.25, -0.2) is 4.90 Å². The summed E-state index contributed by atoms with van der Waals surface area (Å²) in [6.45, 7) is 0. The van der Waals surface area contributed by atoms with Crippen molar-refractivity contribution < 1.29 is 14.3 Å². The van der Waals surface area contributed by atoms with Crippen molar-refractivity contribution in [3.8, 4) is 11.5 Å². The van der Waals surface area contributed by atoms with E-state index in [0.29, 0.717) is 28.3 Å². The molecule has 1 aliphatic rings. The van der Waals surface area contributed by atoms with Crippen molar-refractivity contribution in [3.05, 3.63) is 90.0 Å². The Morgan fingerprint density at radius 2 is 1.17 bits per heavy atom. The zero-order chi connectivity index (χ0) is 16.5. The lowest BCUT2D eigenvalue weighted by atomic mass is 10.1. The van der Waals surface area contributed by atoms with Crippen LogP contribution < -0.4 is 9.64 Å². The van der Waals surface area contributed by atoms with Crippen molar-refractivity contribution in [2.75, 3.05) is 4.90 Å². The normalized spacial score (nSPS) is 13.1. The number of hydrogen-bond donors (Lipinski definition) is 0. The Labute approximate surface area is 138 Å². The van der Waals surface area contributed by atoms with E-state index in [1.807, 2.05) is 30.3 Å². The second-order valence-electron chi connectivity index (χ2n) is 5.37. The van der Waals surface area contributed by atoms with Crippen molar-refractivity contribution in [1.82, 2.24) is 0 Å². The van der Waals surface area contributed by atoms with Crippen LogP contribution in [0.5, 0.6) is 11.5 Å². The molecule has 0 radical (unpaired) electrons. The Morgan fingerprint density at radius 1 is 0.625 bits per heavy atom. The van der Waals surface area contributed by atoms with Gasteiger partial charge in [-0.2, -0.15) is 0 Å². The van der Waals surface area contributed by atoms with Crippen molar-refractivity contribution >= 4 is 17.5 Å². The molecule has 1 heterocycles. The molecule has 0 saturated carbocycles. The van der Waals surface area contributed by atoms with Gasteiger partial charge in [0.1, 0.15) is 5.75 Å². The summed E-state index contributed by atoms with van der Waals surface area (Å²) in [5, 5.41) is 0. The molecule has 4 heteroatoms. The van der Waals surface area contributed by atoms with Crippen LogP contribution in [0, 0.1) is 0 Å². The molecule has 0 saturated heterocycles. The number of hydrogen-bond acceptors (Lipinski definition) is 3. The summed E-state index contributed by atoms with van der Waals surface area (Å²) < 4.78 is 5.87. The maximum Gasteiger partial charge on any atom is 0.266 e. The number of para-hydroxylation sites is 3. The number of fused-ring (bicyclic) bond motifs is 1. The second-order valence-corrected chi connectivity index (χ2v) is 5.37. The van der Waals surface area contributed by atoms with Gasteiger partial charge in [0.2, 0.25) is 0 Å². The Balaban J connectivity index is 1.76. The highest BCUT2D eigenvalue weighted by Crippen LogP contribution is 2.36. The van der Waals surface area contributed by atoms with Crippen LogP contribution in [0.1, 0.15) is 20.7 Å². The molecule has 0 N–H and O–H groups in total. The van der Waals surface area contributed by atoms with E-state index in [0.717, 1.165) is 0 Å². The maximum atomic E-state index is 12.7. The fourth-order valence-corrected chi connectivity index (χ4v) is 2.75. The van der Waals surface area contributed by atoms with Crippen molar-refractivity contribution in [2.45, 2.75) is 0 Å². The standard InChI is InChI=1S/C20H13NO3/c22-19-15-10-4-5-11-16(15)20(23)21(19)17-12-6-7-13-18(17)24-14-8-2-1-3-9-14/h1-13H. The van der Waals surface area contributed by atoms with Crippen LogP contribution in [0.25, 0.3) is 0 Å². The van der Waals surface area contributed by atoms with E-state index in [9.17, 15) is 9.59 Å². The third-order valence-electron chi connectivity index (χ3n) is 3.87. The fourth-order valence-electron chi connectivity index (χ4n) is 2.75. The van der Waals surface area contributed by atoms with E-state index in [-0.39, 0.29) is 11.8 Å². The lowest BCUT2D eigenvalue weighted by Crippen LogP contribution is -2.29. The number of carbonyl (C=O) groups is 2. The number of imide groups is 1. The maximum absolute atomic E-state index is 12.7. The molecule has 0 bridgehead atoms. The molecular weight excluding hydrogens is 302 g/mol. The molecular formula is C20H13NO3. The number of carbonyl (C=O) groups excluding carboxylic acids is 2. The molecule has 24 heavy (non-hydrogen) atoms. The van der Waals surface area contributed by atoms with E-state index in [1.54, 1.807) is 48.5 Å². The molecule has 0 aliphatic carbocycles. The second kappa shape index (κ2) is 5.66. The highest BCUT2D eigenvalue weighted by Gasteiger charge is 2.37. The average Bonchev–Trinajstić information content (AvgIpc) is 2.88. The Bertz CT molecular complexity index is 899. The number of nitrogens with zero attached hydrogens (tertiary/aromatic N) is 1. The molecule has 0 unspecified atom stereocenters. The zero-order valence-corrected chi connectivity index (χ0v) is 12.7. The highest BCUT2D eigenvalue weighted by molar-refractivity contribution is 6.34. The summed E-state index contributed by atoms with van der Waals surface area (Å²) in [4.78, 5) is 26.5. The first kappa shape index (κ1) is 14.2. The first-order chi connectivity index (χ1) is 11.8. The van der Waals surface area contributed by atoms with E-state index >= 15 is 0 Å². The van der Waals surface area contributed by atoms with Crippen LogP contribution in [0.3, 0.4) is 0 Å². The van der Waals surface area contributed by atoms with Crippen LogP contribution >= 0.6 is 0 Å². The largest absolute Gasteiger partial charge is 0.455 e. The molecule has 0 spiro atoms. The van der Waals surface area contributed by atoms with Crippen molar-refractivity contribution in [2.24, 2.45) is 0 Å². The van der Waals surface area contributed by atoms with E-state index in [1.165, 1.54) is 4.90 Å². The predicted molar refractivity (Wildman–Crippen MR) is 90.5 cm³/mol. The molecule has 4 nitrogen and oxygen atoms in total. The number of ether oxygens (including phenoxy) is 1. The Hall–Kier alpha value is -3.40. The molecule has 1 aliphatic heterocycles. The summed E-state index contributed by atoms with van der Waals surface area (Å²) in [5.74, 6) is 0.430. The predicted octanol–water partition coefficient (Wildman–Crippen LogP) is 4.28. The zero-order valence-electron chi connectivity index (χ0n) is 12.7. The van der Waals surface area contributed by atoms with Gasteiger partial charge in [-0.05, 0) is 36.4 Å². The average molecular weight is 315 g/mol. The molecule has 116 valence electrons. The van der Waals surface area contributed by atoms with Gasteiger partial charge in [-0.15, -0.1) is 0 Å². The molecule has 3 aromatic carbocycles. The number of anilines is 1. The minimum absolute atomic E-state index is 0.334. The molecule has 2 amide bonds. The topological polar surface area (TPSA) is 46.6 Å². The van der Waals surface area contributed by atoms with E-state index in [2.05, 4.69) is 0 Å². The van der Waals surface area contributed by atoms with Gasteiger partial charge in [-0.1, -0.05) is 42.5 Å². The van der Waals surface area contributed by atoms with Crippen LogP contribution in [-0.2, 0) is 0 Å². The SMILES string of the molecule is O=C1c2ccccc2C(=O)N1c1ccccc1Oc1ccccc1. The van der Waals surface area contributed by atoms with Crippen molar-refractivity contribution in [3.63, 3.8) is 0 Å². The van der Waals surface area contributed by atoms with E-state index in [4.69, 9.17) is 4.74 Å². The first-order valence-electron chi connectivity index (χ1n) is 7.55. The van der Waals surface area contributed by atoms with E-state index < -0.39 is 0 Å². The summed E-state index contributed by atoms with van der Waals surface area (Å²) in [7, 11) is 0. The van der Waals surface area contributed by atoms with Gasteiger partial charge in [0.05, 0.1) is 16.8 Å². The summed E-state index contributed by atoms with van der Waals surface area (Å²) in [5.41, 5.74) is 1.27. The number of benzene rings is 3. The number of amides is 2. The van der Waals surface area contributed by atoms with Gasteiger partial charge in [-0.3, -0.25) is 9.59 Å². The smallest absolute Gasteiger partial charge is 0.266 e. The lowest BCUT2D eigenvalue weighted by molar-refractivity contribution is 0.0925. The molecule has 0 aromatic heterocycles. The van der Waals surface area contributed by atoms with Crippen LogP contribution in [0.15, 0.2) is 78.9 Å².